The van der Waals surface area contributed by atoms with Gasteiger partial charge >= 0.3 is 0 Å². The maximum Gasteiger partial charge on any atom is 0.223 e. The van der Waals surface area contributed by atoms with E-state index in [-0.39, 0.29) is 11.9 Å². The third kappa shape index (κ3) is 3.34. The first-order valence-electron chi connectivity index (χ1n) is 5.12. The van der Waals surface area contributed by atoms with Crippen LogP contribution in [0.4, 0.5) is 0 Å². The van der Waals surface area contributed by atoms with Crippen LogP contribution in [0, 0.1) is 0 Å². The second-order valence-electron chi connectivity index (χ2n) is 3.46. The molecule has 0 radical (unpaired) electrons. The Kier molecular flexibility index (Phi) is 4.82. The van der Waals surface area contributed by atoms with Crippen LogP contribution in [-0.4, -0.2) is 23.4 Å². The van der Waals surface area contributed by atoms with Gasteiger partial charge in [0.25, 0.3) is 0 Å². The predicted octanol–water partition coefficient (Wildman–Crippen LogP) is 3.02. The Bertz CT molecular complexity index is 307. The first-order chi connectivity index (χ1) is 7.19. The average molecular weight is 270 g/mol. The predicted molar refractivity (Wildman–Crippen MR) is 66.8 cm³/mol. The molecule has 1 unspecified atom stereocenters. The highest BCUT2D eigenvalue weighted by Crippen LogP contribution is 2.22. The van der Waals surface area contributed by atoms with Crippen LogP contribution in [0.1, 0.15) is 19.8 Å². The van der Waals surface area contributed by atoms with Crippen molar-refractivity contribution in [3.63, 3.8) is 0 Å². The Labute approximate surface area is 99.5 Å². The quantitative estimate of drug-likeness (QED) is 0.719. The molecule has 1 amide bonds. The van der Waals surface area contributed by atoms with Gasteiger partial charge < -0.3 is 4.90 Å². The summed E-state index contributed by atoms with van der Waals surface area (Å²) in [4.78, 5) is 13.6. The second-order valence-corrected chi connectivity index (χ2v) is 4.48. The van der Waals surface area contributed by atoms with Gasteiger partial charge in [-0.05, 0) is 4.48 Å². The number of amides is 1. The lowest BCUT2D eigenvalue weighted by Crippen LogP contribution is -2.39. The summed E-state index contributed by atoms with van der Waals surface area (Å²) >= 11 is 3.47. The molecule has 1 atom stereocenters. The molecule has 1 rings (SSSR count). The van der Waals surface area contributed by atoms with E-state index in [1.807, 2.05) is 24.0 Å². The highest BCUT2D eigenvalue weighted by atomic mass is 79.9. The zero-order valence-electron chi connectivity index (χ0n) is 8.95. The van der Waals surface area contributed by atoms with E-state index in [2.05, 4.69) is 28.6 Å². The van der Waals surface area contributed by atoms with Crippen molar-refractivity contribution in [2.75, 3.05) is 6.54 Å². The number of carbonyl (C=O) groups is 1. The minimum absolute atomic E-state index is 0.162. The van der Waals surface area contributed by atoms with Crippen LogP contribution in [-0.2, 0) is 4.79 Å². The Morgan fingerprint density at radius 1 is 1.80 bits per heavy atom. The van der Waals surface area contributed by atoms with Gasteiger partial charge in [-0.3, -0.25) is 4.79 Å². The van der Waals surface area contributed by atoms with Crippen molar-refractivity contribution in [1.82, 2.24) is 4.90 Å². The number of carbonyl (C=O) groups excluding carboxylic acids is 1. The molecule has 1 aliphatic carbocycles. The van der Waals surface area contributed by atoms with Crippen LogP contribution in [0.15, 0.2) is 35.4 Å². The lowest BCUT2D eigenvalue weighted by Gasteiger charge is -2.30. The lowest BCUT2D eigenvalue weighted by molar-refractivity contribution is -0.131. The van der Waals surface area contributed by atoms with E-state index in [4.69, 9.17) is 0 Å². The third-order valence-corrected chi connectivity index (χ3v) is 2.95. The van der Waals surface area contributed by atoms with Crippen molar-refractivity contribution in [1.29, 1.82) is 0 Å². The smallest absolute Gasteiger partial charge is 0.223 e. The highest BCUT2D eigenvalue weighted by molar-refractivity contribution is 9.11. The molecule has 3 heteroatoms. The number of allylic oxidation sites excluding steroid dienone is 2. The maximum absolute atomic E-state index is 11.7. The number of rotatable bonds is 4. The van der Waals surface area contributed by atoms with Gasteiger partial charge in [0.1, 0.15) is 0 Å². The molecule has 0 fully saturated rings. The number of hydrogen-bond donors (Lipinski definition) is 0. The van der Waals surface area contributed by atoms with Gasteiger partial charge in [0.2, 0.25) is 5.91 Å². The topological polar surface area (TPSA) is 20.3 Å². The van der Waals surface area contributed by atoms with Crippen molar-refractivity contribution < 1.29 is 4.79 Å². The third-order valence-electron chi connectivity index (χ3n) is 2.36. The van der Waals surface area contributed by atoms with Crippen LogP contribution < -0.4 is 0 Å². The molecule has 2 nitrogen and oxygen atoms in total. The number of hydrogen-bond acceptors (Lipinski definition) is 1. The van der Waals surface area contributed by atoms with E-state index < -0.39 is 0 Å². The van der Waals surface area contributed by atoms with Gasteiger partial charge in [-0.15, -0.1) is 6.58 Å². The molecule has 0 saturated carbocycles. The summed E-state index contributed by atoms with van der Waals surface area (Å²) in [6.45, 7) is 6.18. The summed E-state index contributed by atoms with van der Waals surface area (Å²) in [5.74, 6) is 0.173. The summed E-state index contributed by atoms with van der Waals surface area (Å²) in [6.07, 6.45) is 9.22. The molecule has 0 saturated heterocycles. The molecule has 0 aliphatic heterocycles. The Morgan fingerprint density at radius 2 is 2.53 bits per heavy atom. The summed E-state index contributed by atoms with van der Waals surface area (Å²) in [5, 5.41) is 0. The monoisotopic (exact) mass is 269 g/mol. The molecule has 0 aromatic heterocycles. The van der Waals surface area contributed by atoms with E-state index in [0.717, 1.165) is 10.9 Å². The standard InChI is InChI=1S/C12H16BrNO/c1-3-8-14(12(15)4-2)11-7-5-6-10(13)9-11/h3,5-7,11H,1,4,8-9H2,2H3. The summed E-state index contributed by atoms with van der Waals surface area (Å²) in [5.41, 5.74) is 0. The molecule has 0 heterocycles. The number of halogens is 1. The van der Waals surface area contributed by atoms with Crippen molar-refractivity contribution in [2.45, 2.75) is 25.8 Å². The van der Waals surface area contributed by atoms with E-state index in [1.54, 1.807) is 6.08 Å². The van der Waals surface area contributed by atoms with E-state index in [1.165, 1.54) is 0 Å². The molecule has 15 heavy (non-hydrogen) atoms. The molecule has 82 valence electrons. The zero-order chi connectivity index (χ0) is 11.3. The highest BCUT2D eigenvalue weighted by Gasteiger charge is 2.20. The van der Waals surface area contributed by atoms with Crippen molar-refractivity contribution >= 4 is 21.8 Å². The van der Waals surface area contributed by atoms with Crippen LogP contribution in [0.2, 0.25) is 0 Å². The molecule has 0 aromatic carbocycles. The van der Waals surface area contributed by atoms with Crippen LogP contribution >= 0.6 is 15.9 Å². The van der Waals surface area contributed by atoms with Gasteiger partial charge in [0, 0.05) is 19.4 Å². The van der Waals surface area contributed by atoms with Crippen molar-refractivity contribution in [3.05, 3.63) is 35.4 Å². The van der Waals surface area contributed by atoms with Crippen LogP contribution in [0.25, 0.3) is 0 Å². The Balaban J connectivity index is 2.72. The molecular formula is C12H16BrNO. The Morgan fingerprint density at radius 3 is 3.07 bits per heavy atom. The van der Waals surface area contributed by atoms with Gasteiger partial charge in [-0.25, -0.2) is 0 Å². The molecular weight excluding hydrogens is 254 g/mol. The summed E-state index contributed by atoms with van der Waals surface area (Å²) in [7, 11) is 0. The largest absolute Gasteiger partial charge is 0.332 e. The van der Waals surface area contributed by atoms with Crippen LogP contribution in [0.5, 0.6) is 0 Å². The zero-order valence-corrected chi connectivity index (χ0v) is 10.5. The van der Waals surface area contributed by atoms with E-state index in [0.29, 0.717) is 13.0 Å². The summed E-state index contributed by atoms with van der Waals surface area (Å²) < 4.78 is 1.13. The first-order valence-corrected chi connectivity index (χ1v) is 5.91. The molecule has 1 aliphatic rings. The van der Waals surface area contributed by atoms with Crippen molar-refractivity contribution in [2.24, 2.45) is 0 Å². The minimum Gasteiger partial charge on any atom is -0.332 e. The van der Waals surface area contributed by atoms with E-state index in [9.17, 15) is 4.79 Å². The minimum atomic E-state index is 0.162. The number of nitrogens with zero attached hydrogens (tertiary/aromatic N) is 1. The fourth-order valence-corrected chi connectivity index (χ4v) is 2.09. The first kappa shape index (κ1) is 12.2. The van der Waals surface area contributed by atoms with Crippen molar-refractivity contribution in [3.8, 4) is 0 Å². The van der Waals surface area contributed by atoms with Crippen LogP contribution in [0.3, 0.4) is 0 Å². The molecule has 0 aromatic rings. The second kappa shape index (κ2) is 5.91. The molecule has 0 spiro atoms. The van der Waals surface area contributed by atoms with Gasteiger partial charge in [0.05, 0.1) is 6.04 Å². The maximum atomic E-state index is 11.7. The van der Waals surface area contributed by atoms with Gasteiger partial charge in [-0.1, -0.05) is 47.2 Å². The molecule has 0 N–H and O–H groups in total. The van der Waals surface area contributed by atoms with E-state index >= 15 is 0 Å². The van der Waals surface area contributed by atoms with Gasteiger partial charge in [-0.2, -0.15) is 0 Å². The normalized spacial score (nSPS) is 19.6. The summed E-state index contributed by atoms with van der Waals surface area (Å²) in [6, 6.07) is 0.162. The lowest BCUT2D eigenvalue weighted by atomic mass is 10.1. The SMILES string of the molecule is C=CCN(C(=O)CC)C1C=CC=C(Br)C1. The Hall–Kier alpha value is -0.830. The average Bonchev–Trinajstić information content (AvgIpc) is 2.25. The molecule has 0 bridgehead atoms. The van der Waals surface area contributed by atoms with Gasteiger partial charge in [0.15, 0.2) is 0 Å². The fraction of sp³-hybridized carbons (Fsp3) is 0.417. The fourth-order valence-electron chi connectivity index (χ4n) is 1.60.